The van der Waals surface area contributed by atoms with Gasteiger partial charge in [0, 0.05) is 13.1 Å². The molecule has 2 fully saturated rings. The molecule has 0 unspecified atom stereocenters. The van der Waals surface area contributed by atoms with Crippen LogP contribution >= 0.6 is 0 Å². The largest absolute Gasteiger partial charge is 0.474 e. The number of esters is 1. The number of nitrogens with one attached hydrogen (secondary N) is 1. The van der Waals surface area contributed by atoms with E-state index in [1.807, 2.05) is 13.8 Å². The highest BCUT2D eigenvalue weighted by Crippen LogP contribution is 2.39. The highest BCUT2D eigenvalue weighted by atomic mass is 16.7. The summed E-state index contributed by atoms with van der Waals surface area (Å²) in [6, 6.07) is 2.93. The maximum absolute atomic E-state index is 13.2. The van der Waals surface area contributed by atoms with E-state index in [2.05, 4.69) is 25.2 Å². The lowest BCUT2D eigenvalue weighted by Crippen LogP contribution is -2.48. The smallest absolute Gasteiger partial charge is 0.356 e. The predicted molar refractivity (Wildman–Crippen MR) is 120 cm³/mol. The van der Waals surface area contributed by atoms with E-state index in [4.69, 9.17) is 18.9 Å². The fourth-order valence-corrected chi connectivity index (χ4v) is 4.34. The second-order valence-corrected chi connectivity index (χ2v) is 8.72. The number of nitrogens with zero attached hydrogens (tertiary/aromatic N) is 5. The Morgan fingerprint density at radius 3 is 2.82 bits per heavy atom. The molecular formula is C22H26N6O6. The van der Waals surface area contributed by atoms with Crippen molar-refractivity contribution < 1.29 is 28.5 Å². The molecule has 3 aliphatic heterocycles. The molecule has 0 spiro atoms. The maximum atomic E-state index is 13.2. The molecule has 2 atom stereocenters. The van der Waals surface area contributed by atoms with Gasteiger partial charge < -0.3 is 23.8 Å². The first-order chi connectivity index (χ1) is 16.3. The number of anilines is 3. The Morgan fingerprint density at radius 1 is 1.26 bits per heavy atom. The van der Waals surface area contributed by atoms with Gasteiger partial charge in [0.2, 0.25) is 5.88 Å². The van der Waals surface area contributed by atoms with Crippen LogP contribution in [0.3, 0.4) is 0 Å². The molecule has 12 nitrogen and oxygen atoms in total. The van der Waals surface area contributed by atoms with Crippen molar-refractivity contribution in [2.45, 2.75) is 38.2 Å². The number of urea groups is 1. The number of carbonyl (C=O) groups is 2. The minimum atomic E-state index is -0.621. The van der Waals surface area contributed by atoms with Crippen LogP contribution in [-0.2, 0) is 14.2 Å². The number of rotatable bonds is 5. The predicted octanol–water partition coefficient (Wildman–Crippen LogP) is 1.82. The van der Waals surface area contributed by atoms with E-state index in [1.54, 1.807) is 17.0 Å². The highest BCUT2D eigenvalue weighted by Gasteiger charge is 2.40. The van der Waals surface area contributed by atoms with Gasteiger partial charge in [0.1, 0.15) is 12.7 Å². The zero-order valence-corrected chi connectivity index (χ0v) is 19.2. The van der Waals surface area contributed by atoms with Gasteiger partial charge in [-0.2, -0.15) is 0 Å². The Bertz CT molecular complexity index is 1090. The minimum Gasteiger partial charge on any atom is -0.474 e. The second-order valence-electron chi connectivity index (χ2n) is 8.72. The third-order valence-electron chi connectivity index (χ3n) is 5.91. The molecule has 1 N–H and O–H groups in total. The number of hydrogen-bond acceptors (Lipinski definition) is 10. The van der Waals surface area contributed by atoms with Crippen LogP contribution in [0.4, 0.5) is 22.1 Å². The molecule has 0 aromatic carbocycles. The van der Waals surface area contributed by atoms with Crippen molar-refractivity contribution in [1.29, 1.82) is 0 Å². The topological polar surface area (TPSA) is 128 Å². The van der Waals surface area contributed by atoms with E-state index in [0.29, 0.717) is 24.8 Å². The number of hydrogen-bond donors (Lipinski definition) is 1. The average Bonchev–Trinajstić information content (AvgIpc) is 3.41. The molecular weight excluding hydrogens is 444 g/mol. The molecule has 2 amide bonds. The molecule has 5 heterocycles. The van der Waals surface area contributed by atoms with Gasteiger partial charge in [-0.15, -0.1) is 0 Å². The van der Waals surface area contributed by atoms with Gasteiger partial charge in [0.05, 0.1) is 37.8 Å². The van der Waals surface area contributed by atoms with Crippen LogP contribution in [0, 0.1) is 0 Å². The summed E-state index contributed by atoms with van der Waals surface area (Å²) in [5.41, 5.74) is 0.940. The van der Waals surface area contributed by atoms with Crippen molar-refractivity contribution in [2.24, 2.45) is 0 Å². The zero-order valence-electron chi connectivity index (χ0n) is 19.2. The summed E-state index contributed by atoms with van der Waals surface area (Å²) in [4.78, 5) is 41.8. The Morgan fingerprint density at radius 2 is 2.12 bits per heavy atom. The lowest BCUT2D eigenvalue weighted by atomic mass is 10.2. The van der Waals surface area contributed by atoms with Gasteiger partial charge >= 0.3 is 12.0 Å². The van der Waals surface area contributed by atoms with E-state index < -0.39 is 17.8 Å². The first kappa shape index (κ1) is 22.3. The van der Waals surface area contributed by atoms with Crippen molar-refractivity contribution in [3.63, 3.8) is 0 Å². The Kier molecular flexibility index (Phi) is 5.70. The van der Waals surface area contributed by atoms with Crippen LogP contribution in [0.1, 0.15) is 30.8 Å². The van der Waals surface area contributed by atoms with Gasteiger partial charge in [-0.1, -0.05) is 0 Å². The monoisotopic (exact) mass is 470 g/mol. The summed E-state index contributed by atoms with van der Waals surface area (Å²) in [5.74, 6) is -0.182. The molecule has 0 radical (unpaired) electrons. The van der Waals surface area contributed by atoms with Crippen LogP contribution in [0.25, 0.3) is 0 Å². The molecule has 12 heteroatoms. The summed E-state index contributed by atoms with van der Waals surface area (Å²) < 4.78 is 21.6. The molecule has 2 aromatic rings. The van der Waals surface area contributed by atoms with Gasteiger partial charge in [0.25, 0.3) is 0 Å². The molecule has 2 bridgehead atoms. The van der Waals surface area contributed by atoms with E-state index in [9.17, 15) is 9.59 Å². The summed E-state index contributed by atoms with van der Waals surface area (Å²) in [6.45, 7) is 5.91. The van der Waals surface area contributed by atoms with E-state index in [0.717, 1.165) is 18.7 Å². The van der Waals surface area contributed by atoms with Gasteiger partial charge in [-0.25, -0.2) is 24.5 Å². The third kappa shape index (κ3) is 4.33. The number of fused-ring (bicyclic) bond motifs is 4. The molecule has 0 aliphatic carbocycles. The Labute approximate surface area is 196 Å². The number of amides is 2. The molecule has 2 aromatic heterocycles. The fraction of sp³-hybridized carbons (Fsp3) is 0.500. The lowest BCUT2D eigenvalue weighted by Gasteiger charge is -2.35. The highest BCUT2D eigenvalue weighted by molar-refractivity contribution is 6.04. The Hall–Kier alpha value is -3.51. The normalized spacial score (nSPS) is 22.3. The molecule has 0 saturated carbocycles. The minimum absolute atomic E-state index is 0.0682. The first-order valence-electron chi connectivity index (χ1n) is 11.0. The van der Waals surface area contributed by atoms with Gasteiger partial charge in [-0.3, -0.25) is 10.2 Å². The molecule has 34 heavy (non-hydrogen) atoms. The number of aromatic nitrogens is 3. The molecule has 3 aliphatic rings. The van der Waals surface area contributed by atoms with E-state index in [1.165, 1.54) is 19.5 Å². The quantitative estimate of drug-likeness (QED) is 0.646. The maximum Gasteiger partial charge on any atom is 0.356 e. The van der Waals surface area contributed by atoms with Crippen molar-refractivity contribution in [3.8, 4) is 5.88 Å². The van der Waals surface area contributed by atoms with Gasteiger partial charge in [0.15, 0.2) is 23.1 Å². The zero-order chi connectivity index (χ0) is 23.9. The van der Waals surface area contributed by atoms with Crippen LogP contribution in [0.5, 0.6) is 5.88 Å². The summed E-state index contributed by atoms with van der Waals surface area (Å²) in [6.07, 6.45) is 3.46. The average molecular weight is 470 g/mol. The first-order valence-corrected chi connectivity index (χ1v) is 11.0. The third-order valence-corrected chi connectivity index (χ3v) is 5.91. The van der Waals surface area contributed by atoms with E-state index in [-0.39, 0.29) is 30.3 Å². The Balaban J connectivity index is 1.27. The van der Waals surface area contributed by atoms with Crippen LogP contribution in [0.15, 0.2) is 24.5 Å². The number of pyridine rings is 1. The number of ether oxygens (including phenoxy) is 4. The van der Waals surface area contributed by atoms with E-state index >= 15 is 0 Å². The SMILES string of the molecule is COC(=O)c1ccc2c(n1)N(C(=O)Nc1cnc(OC[C@@H]3COC(C)(C)O3)cn1)[C@H]1CCN2C1. The van der Waals surface area contributed by atoms with Crippen molar-refractivity contribution >= 4 is 29.3 Å². The molecule has 2 saturated heterocycles. The number of carbonyl (C=O) groups excluding carboxylic acids is 2. The molecule has 180 valence electrons. The van der Waals surface area contributed by atoms with Crippen LogP contribution in [0.2, 0.25) is 0 Å². The lowest BCUT2D eigenvalue weighted by molar-refractivity contribution is -0.141. The second kappa shape index (κ2) is 8.69. The van der Waals surface area contributed by atoms with Crippen molar-refractivity contribution in [2.75, 3.05) is 48.5 Å². The van der Waals surface area contributed by atoms with Crippen molar-refractivity contribution in [3.05, 3.63) is 30.2 Å². The standard InChI is InChI=1S/C22H26N6O6/c1-22(2)33-12-14(34-22)11-32-18-9-23-17(8-24-18)26-21(30)28-13-6-7-27(10-13)16-5-4-15(20(29)31-3)25-19(16)28/h4-5,8-9,13-14H,6-7,10-12H2,1-3H3,(H,23,26,30)/t13-,14+/m0/s1. The number of methoxy groups -OCH3 is 1. The fourth-order valence-electron chi connectivity index (χ4n) is 4.34. The summed E-state index contributed by atoms with van der Waals surface area (Å²) in [7, 11) is 1.29. The summed E-state index contributed by atoms with van der Waals surface area (Å²) >= 11 is 0. The van der Waals surface area contributed by atoms with Crippen molar-refractivity contribution in [1.82, 2.24) is 15.0 Å². The molecule has 5 rings (SSSR count). The van der Waals surface area contributed by atoms with Gasteiger partial charge in [-0.05, 0) is 32.4 Å². The van der Waals surface area contributed by atoms with Crippen LogP contribution < -0.4 is 19.9 Å². The van der Waals surface area contributed by atoms with Crippen LogP contribution in [-0.4, -0.2) is 78.3 Å². The summed E-state index contributed by atoms with van der Waals surface area (Å²) in [5, 5.41) is 2.77.